The average Bonchev–Trinajstić information content (AvgIpc) is 2.46. The number of H-pyrrole nitrogens is 1. The third-order valence-corrected chi connectivity index (χ3v) is 3.50. The van der Waals surface area contributed by atoms with Crippen molar-refractivity contribution in [3.63, 3.8) is 0 Å². The molecule has 1 N–H and O–H groups in total. The summed E-state index contributed by atoms with van der Waals surface area (Å²) in [5.74, 6) is 0. The molecule has 1 aliphatic rings. The molecular weight excluding hydrogens is 242 g/mol. The summed E-state index contributed by atoms with van der Waals surface area (Å²) in [6.45, 7) is 5.36. The molecule has 1 saturated heterocycles. The van der Waals surface area contributed by atoms with Gasteiger partial charge in [0.15, 0.2) is 0 Å². The van der Waals surface area contributed by atoms with Gasteiger partial charge in [-0.2, -0.15) is 4.98 Å². The van der Waals surface area contributed by atoms with Gasteiger partial charge in [-0.05, 0) is 24.6 Å². The number of morpholine rings is 1. The highest BCUT2D eigenvalue weighted by molar-refractivity contribution is 5.84. The number of aromatic nitrogens is 2. The first-order chi connectivity index (χ1) is 9.28. The van der Waals surface area contributed by atoms with Gasteiger partial charge in [0.2, 0.25) is 0 Å². The summed E-state index contributed by atoms with van der Waals surface area (Å²) < 4.78 is 5.37. The molecule has 0 unspecified atom stereocenters. The van der Waals surface area contributed by atoms with E-state index in [1.807, 2.05) is 19.1 Å². The van der Waals surface area contributed by atoms with Gasteiger partial charge in [0.1, 0.15) is 0 Å². The number of anilines is 1. The molecule has 1 fully saturated rings. The third-order valence-electron chi connectivity index (χ3n) is 3.50. The quantitative estimate of drug-likeness (QED) is 0.883. The maximum Gasteiger partial charge on any atom is 0.345 e. The zero-order valence-corrected chi connectivity index (χ0v) is 11.0. The Morgan fingerprint density at radius 2 is 2.16 bits per heavy atom. The lowest BCUT2D eigenvalue weighted by atomic mass is 10.1. The number of nitrogens with zero attached hydrogens (tertiary/aromatic N) is 2. The molecule has 0 radical (unpaired) electrons. The fourth-order valence-electron chi connectivity index (χ4n) is 2.49. The minimum Gasteiger partial charge on any atom is -0.378 e. The number of rotatable bonds is 2. The summed E-state index contributed by atoms with van der Waals surface area (Å²) in [5, 5.41) is 1.03. The van der Waals surface area contributed by atoms with Crippen molar-refractivity contribution in [1.29, 1.82) is 0 Å². The summed E-state index contributed by atoms with van der Waals surface area (Å²) in [5.41, 5.74) is 2.60. The molecule has 3 rings (SSSR count). The van der Waals surface area contributed by atoms with Crippen LogP contribution in [0.25, 0.3) is 10.9 Å². The normalized spacial score (nSPS) is 15.9. The zero-order chi connectivity index (χ0) is 13.2. The van der Waals surface area contributed by atoms with E-state index in [0.717, 1.165) is 49.3 Å². The highest BCUT2D eigenvalue weighted by Crippen LogP contribution is 2.23. The minimum atomic E-state index is -0.275. The average molecular weight is 259 g/mol. The van der Waals surface area contributed by atoms with Gasteiger partial charge in [-0.15, -0.1) is 0 Å². The van der Waals surface area contributed by atoms with Crippen LogP contribution in [0.1, 0.15) is 12.6 Å². The Hall–Kier alpha value is -1.88. The molecule has 0 amide bonds. The van der Waals surface area contributed by atoms with Crippen LogP contribution in [0.15, 0.2) is 23.0 Å². The topological polar surface area (TPSA) is 58.2 Å². The zero-order valence-electron chi connectivity index (χ0n) is 11.0. The van der Waals surface area contributed by atoms with Crippen molar-refractivity contribution in [2.24, 2.45) is 0 Å². The molecule has 0 spiro atoms. The van der Waals surface area contributed by atoms with Crippen LogP contribution in [0.3, 0.4) is 0 Å². The molecule has 0 atom stereocenters. The smallest absolute Gasteiger partial charge is 0.345 e. The molecule has 1 aliphatic heterocycles. The molecule has 5 heteroatoms. The van der Waals surface area contributed by atoms with Crippen LogP contribution in [-0.4, -0.2) is 36.3 Å². The molecule has 1 aromatic carbocycles. The Balaban J connectivity index is 2.08. The van der Waals surface area contributed by atoms with Crippen molar-refractivity contribution in [3.8, 4) is 0 Å². The molecule has 2 heterocycles. The number of hydrogen-bond donors (Lipinski definition) is 1. The van der Waals surface area contributed by atoms with Crippen molar-refractivity contribution in [2.75, 3.05) is 31.2 Å². The first-order valence-corrected chi connectivity index (χ1v) is 6.63. The Bertz CT molecular complexity index is 645. The van der Waals surface area contributed by atoms with Gasteiger partial charge in [-0.3, -0.25) is 0 Å². The van der Waals surface area contributed by atoms with Gasteiger partial charge in [0, 0.05) is 24.2 Å². The van der Waals surface area contributed by atoms with E-state index in [2.05, 4.69) is 20.9 Å². The van der Waals surface area contributed by atoms with Gasteiger partial charge >= 0.3 is 5.69 Å². The van der Waals surface area contributed by atoms with Crippen LogP contribution in [-0.2, 0) is 11.2 Å². The van der Waals surface area contributed by atoms with Crippen LogP contribution in [0.5, 0.6) is 0 Å². The van der Waals surface area contributed by atoms with Crippen molar-refractivity contribution in [2.45, 2.75) is 13.3 Å². The maximum atomic E-state index is 11.5. The summed E-state index contributed by atoms with van der Waals surface area (Å²) in [7, 11) is 0. The van der Waals surface area contributed by atoms with Crippen molar-refractivity contribution < 1.29 is 4.74 Å². The van der Waals surface area contributed by atoms with E-state index in [0.29, 0.717) is 0 Å². The summed E-state index contributed by atoms with van der Waals surface area (Å²) in [6.07, 6.45) is 0.757. The Morgan fingerprint density at radius 1 is 1.37 bits per heavy atom. The third kappa shape index (κ3) is 2.33. The predicted octanol–water partition coefficient (Wildman–Crippen LogP) is 1.32. The Labute approximate surface area is 111 Å². The molecule has 2 aromatic rings. The van der Waals surface area contributed by atoms with Gasteiger partial charge < -0.3 is 14.6 Å². The molecule has 0 aliphatic carbocycles. The maximum absolute atomic E-state index is 11.5. The highest BCUT2D eigenvalue weighted by Gasteiger charge is 2.12. The van der Waals surface area contributed by atoms with Crippen molar-refractivity contribution in [3.05, 3.63) is 34.4 Å². The van der Waals surface area contributed by atoms with Crippen LogP contribution in [0.2, 0.25) is 0 Å². The Morgan fingerprint density at radius 3 is 2.89 bits per heavy atom. The SMILES string of the molecule is CCc1nc(=O)[nH]c2ccc(N3CCOCC3)cc12. The van der Waals surface area contributed by atoms with Crippen molar-refractivity contribution >= 4 is 16.6 Å². The lowest BCUT2D eigenvalue weighted by Crippen LogP contribution is -2.36. The van der Waals surface area contributed by atoms with Crippen LogP contribution < -0.4 is 10.6 Å². The number of hydrogen-bond acceptors (Lipinski definition) is 4. The van der Waals surface area contributed by atoms with E-state index in [1.165, 1.54) is 5.69 Å². The highest BCUT2D eigenvalue weighted by atomic mass is 16.5. The first-order valence-electron chi connectivity index (χ1n) is 6.63. The number of fused-ring (bicyclic) bond motifs is 1. The summed E-state index contributed by atoms with van der Waals surface area (Å²) >= 11 is 0. The van der Waals surface area contributed by atoms with Gasteiger partial charge in [0.05, 0.1) is 24.4 Å². The standard InChI is InChI=1S/C14H17N3O2/c1-2-12-11-9-10(17-5-7-19-8-6-17)3-4-13(11)16-14(18)15-12/h3-4,9H,2,5-8H2,1H3,(H,15,16,18). The predicted molar refractivity (Wildman–Crippen MR) is 74.8 cm³/mol. The largest absolute Gasteiger partial charge is 0.378 e. The number of nitrogens with one attached hydrogen (secondary N) is 1. The van der Waals surface area contributed by atoms with Crippen molar-refractivity contribution in [1.82, 2.24) is 9.97 Å². The molecule has 1 aromatic heterocycles. The second kappa shape index (κ2) is 5.01. The summed E-state index contributed by atoms with van der Waals surface area (Å²) in [4.78, 5) is 20.6. The van der Waals surface area contributed by atoms with Gasteiger partial charge in [0.25, 0.3) is 0 Å². The molecule has 19 heavy (non-hydrogen) atoms. The Kier molecular flexibility index (Phi) is 3.21. The second-order valence-electron chi connectivity index (χ2n) is 4.67. The van der Waals surface area contributed by atoms with Crippen LogP contribution in [0, 0.1) is 0 Å². The van der Waals surface area contributed by atoms with E-state index < -0.39 is 0 Å². The molecule has 100 valence electrons. The summed E-state index contributed by atoms with van der Waals surface area (Å²) in [6, 6.07) is 6.12. The van der Waals surface area contributed by atoms with E-state index in [-0.39, 0.29) is 5.69 Å². The number of benzene rings is 1. The lowest BCUT2D eigenvalue weighted by Gasteiger charge is -2.29. The fourth-order valence-corrected chi connectivity index (χ4v) is 2.49. The van der Waals surface area contributed by atoms with Gasteiger partial charge in [-0.25, -0.2) is 4.79 Å². The van der Waals surface area contributed by atoms with Gasteiger partial charge in [-0.1, -0.05) is 6.92 Å². The molecular formula is C14H17N3O2. The lowest BCUT2D eigenvalue weighted by molar-refractivity contribution is 0.122. The van der Waals surface area contributed by atoms with E-state index in [1.54, 1.807) is 0 Å². The van der Waals surface area contributed by atoms with E-state index in [4.69, 9.17) is 4.74 Å². The second-order valence-corrected chi connectivity index (χ2v) is 4.67. The minimum absolute atomic E-state index is 0.275. The number of aryl methyl sites for hydroxylation is 1. The molecule has 0 saturated carbocycles. The number of aromatic amines is 1. The monoisotopic (exact) mass is 259 g/mol. The number of ether oxygens (including phenoxy) is 1. The molecule has 0 bridgehead atoms. The first kappa shape index (κ1) is 12.2. The van der Waals surface area contributed by atoms with Crippen LogP contribution >= 0.6 is 0 Å². The molecule has 5 nitrogen and oxygen atoms in total. The van der Waals surface area contributed by atoms with E-state index >= 15 is 0 Å². The fraction of sp³-hybridized carbons (Fsp3) is 0.429. The van der Waals surface area contributed by atoms with E-state index in [9.17, 15) is 4.79 Å². The van der Waals surface area contributed by atoms with Crippen LogP contribution in [0.4, 0.5) is 5.69 Å².